The number of aliphatic imine (C=N–C) groups is 1. The second kappa shape index (κ2) is 21.0. The SMILES string of the molecule is CC[C@H]1OC(=O)[C@H](C)[C@@H](O[C@H]2C[C@@](C)(OC)[C@](O)(CN3CCOCC3)[C@H](C)O2)[C@H](C)[C@@H](O[C@@H]2O[C@H](C)C[C@H]3[C@H]2O/C(=N\c2ccccc2)N3C)[C@](C)(O)C[C@@H](C)CN[C@H](C)[C@@H](O)[C@]1(C)O. The highest BCUT2D eigenvalue weighted by Gasteiger charge is 2.59. The van der Waals surface area contributed by atoms with Crippen LogP contribution in [0.2, 0.25) is 0 Å². The minimum Gasteiger partial charge on any atom is -0.459 e. The van der Waals surface area contributed by atoms with Gasteiger partial charge in [0.15, 0.2) is 18.7 Å². The molecule has 0 spiro atoms. The highest BCUT2D eigenvalue weighted by Crippen LogP contribution is 2.44. The second-order valence-electron chi connectivity index (χ2n) is 20.4. The van der Waals surface area contributed by atoms with Gasteiger partial charge in [-0.1, -0.05) is 39.0 Å². The predicted octanol–water partition coefficient (Wildman–Crippen LogP) is 3.36. The van der Waals surface area contributed by atoms with Gasteiger partial charge in [0.05, 0.1) is 60.9 Å². The van der Waals surface area contributed by atoms with Crippen LogP contribution < -0.4 is 5.32 Å². The summed E-state index contributed by atoms with van der Waals surface area (Å²) >= 11 is 0. The monoisotopic (exact) mass is 921 g/mol. The number of nitrogens with zero attached hydrogens (tertiary/aromatic N) is 3. The number of rotatable bonds is 9. The van der Waals surface area contributed by atoms with Crippen LogP contribution in [0, 0.1) is 17.8 Å². The van der Waals surface area contributed by atoms with E-state index in [1.807, 2.05) is 70.0 Å². The molecule has 1 aromatic rings. The standard InChI is InChI=1S/C48H80N4O13/c1-13-36-47(10,56)40(53)32(6)49-26-28(2)24-45(8,55)41(65-43-39-35(23-29(3)60-43)51(11)44(64-39)50-34-17-15-14-16-18-34)30(4)38(31(5)42(54)62-36)63-37-25-46(9,58-12)48(57,33(7)61-37)27-52-19-21-59-22-20-52/h14-18,28-33,35-41,43,49,53,55-57H,13,19-27H2,1-12H3/b50-44-/t28-,29-,30+,31-,32-,33+,35+,36-,37+,38+,39-,40-,41-,43+,45-,46-,47-,48+/m1/s1. The Morgan fingerprint density at radius 3 is 2.26 bits per heavy atom. The third-order valence-electron chi connectivity index (χ3n) is 15.1. The largest absolute Gasteiger partial charge is 0.459 e. The molecule has 0 radical (unpaired) electrons. The van der Waals surface area contributed by atoms with Crippen LogP contribution in [0.3, 0.4) is 0 Å². The normalized spacial score (nSPS) is 45.9. The number of morpholine rings is 1. The highest BCUT2D eigenvalue weighted by atomic mass is 16.7. The van der Waals surface area contributed by atoms with Crippen molar-refractivity contribution in [2.24, 2.45) is 22.7 Å². The number of amidine groups is 1. The molecule has 17 nitrogen and oxygen atoms in total. The fraction of sp³-hybridized carbons (Fsp3) is 0.833. The summed E-state index contributed by atoms with van der Waals surface area (Å²) in [5.41, 5.74) is -5.27. The van der Waals surface area contributed by atoms with Crippen molar-refractivity contribution in [1.82, 2.24) is 15.1 Å². The van der Waals surface area contributed by atoms with Crippen molar-refractivity contribution in [1.29, 1.82) is 0 Å². The maximum Gasteiger partial charge on any atom is 0.311 e. The topological polar surface area (TPSA) is 203 Å². The number of aliphatic hydroxyl groups excluding tert-OH is 1. The van der Waals surface area contributed by atoms with E-state index >= 15 is 0 Å². The smallest absolute Gasteiger partial charge is 0.311 e. The average Bonchev–Trinajstić information content (AvgIpc) is 3.57. The molecule has 0 saturated carbocycles. The molecule has 5 N–H and O–H groups in total. The molecule has 0 amide bonds. The molecule has 5 aliphatic heterocycles. The minimum absolute atomic E-state index is 0.0946. The van der Waals surface area contributed by atoms with Crippen molar-refractivity contribution >= 4 is 17.7 Å². The zero-order valence-electron chi connectivity index (χ0n) is 40.8. The maximum absolute atomic E-state index is 14.6. The lowest BCUT2D eigenvalue weighted by Gasteiger charge is -2.55. The van der Waals surface area contributed by atoms with Gasteiger partial charge in [0.25, 0.3) is 6.02 Å². The van der Waals surface area contributed by atoms with Crippen LogP contribution in [0.4, 0.5) is 5.69 Å². The third kappa shape index (κ3) is 11.2. The summed E-state index contributed by atoms with van der Waals surface area (Å²) in [6, 6.07) is 9.22. The molecular formula is C48H80N4O13. The lowest BCUT2D eigenvalue weighted by Crippen LogP contribution is -2.70. The molecule has 0 bridgehead atoms. The van der Waals surface area contributed by atoms with Gasteiger partial charge in [-0.3, -0.25) is 9.69 Å². The summed E-state index contributed by atoms with van der Waals surface area (Å²) in [6.45, 7) is 21.0. The predicted molar refractivity (Wildman–Crippen MR) is 242 cm³/mol. The maximum atomic E-state index is 14.6. The van der Waals surface area contributed by atoms with Crippen LogP contribution >= 0.6 is 0 Å². The summed E-state index contributed by atoms with van der Waals surface area (Å²) in [6.07, 6.45) is -6.93. The average molecular weight is 921 g/mol. The van der Waals surface area contributed by atoms with Gasteiger partial charge in [-0.15, -0.1) is 0 Å². The third-order valence-corrected chi connectivity index (χ3v) is 15.1. The number of nitrogens with one attached hydrogen (secondary N) is 1. The van der Waals surface area contributed by atoms with Crippen LogP contribution in [0.25, 0.3) is 0 Å². The van der Waals surface area contributed by atoms with Gasteiger partial charge in [0, 0.05) is 52.2 Å². The van der Waals surface area contributed by atoms with Crippen LogP contribution in [0.15, 0.2) is 35.3 Å². The molecule has 17 heteroatoms. The van der Waals surface area contributed by atoms with E-state index in [1.165, 1.54) is 6.92 Å². The van der Waals surface area contributed by atoms with Gasteiger partial charge < -0.3 is 68.5 Å². The Balaban J connectivity index is 1.38. The zero-order valence-corrected chi connectivity index (χ0v) is 40.8. The summed E-state index contributed by atoms with van der Waals surface area (Å²) < 4.78 is 51.7. The number of esters is 1. The van der Waals surface area contributed by atoms with Crippen LogP contribution in [0.1, 0.15) is 94.9 Å². The quantitative estimate of drug-likeness (QED) is 0.226. The number of carbonyl (C=O) groups excluding carboxylic acids is 1. The van der Waals surface area contributed by atoms with Gasteiger partial charge in [-0.25, -0.2) is 0 Å². The molecule has 65 heavy (non-hydrogen) atoms. The Labute approximate surface area is 386 Å². The first-order chi connectivity index (χ1) is 30.5. The summed E-state index contributed by atoms with van der Waals surface area (Å²) in [5, 5.41) is 52.0. The molecule has 0 aliphatic carbocycles. The lowest BCUT2D eigenvalue weighted by molar-refractivity contribution is -0.338. The van der Waals surface area contributed by atoms with Gasteiger partial charge in [-0.2, -0.15) is 4.99 Å². The van der Waals surface area contributed by atoms with Crippen LogP contribution in [-0.2, 0) is 42.7 Å². The van der Waals surface area contributed by atoms with Crippen molar-refractivity contribution in [3.63, 3.8) is 0 Å². The molecule has 1 aromatic carbocycles. The Kier molecular flexibility index (Phi) is 16.8. The van der Waals surface area contributed by atoms with Gasteiger partial charge >= 0.3 is 5.97 Å². The number of aliphatic hydroxyl groups is 4. The highest BCUT2D eigenvalue weighted by molar-refractivity contribution is 5.79. The van der Waals surface area contributed by atoms with E-state index in [4.69, 9.17) is 42.9 Å². The van der Waals surface area contributed by atoms with Crippen molar-refractivity contribution in [3.8, 4) is 0 Å². The lowest BCUT2D eigenvalue weighted by atomic mass is 9.74. The number of likely N-dealkylation sites (N-methyl/N-ethyl adjacent to an activating group) is 1. The first-order valence-electron chi connectivity index (χ1n) is 23.8. The fourth-order valence-corrected chi connectivity index (χ4v) is 10.9. The number of ether oxygens (including phenoxy) is 8. The first kappa shape index (κ1) is 51.9. The number of carbonyl (C=O) groups is 1. The molecule has 370 valence electrons. The summed E-state index contributed by atoms with van der Waals surface area (Å²) in [5.74, 6) is -2.65. The van der Waals surface area contributed by atoms with Crippen molar-refractivity contribution in [3.05, 3.63) is 30.3 Å². The summed E-state index contributed by atoms with van der Waals surface area (Å²) in [4.78, 5) is 23.5. The number of fused-ring (bicyclic) bond motifs is 1. The van der Waals surface area contributed by atoms with Crippen LogP contribution in [-0.4, -0.2) is 186 Å². The number of hydrogen-bond donors (Lipinski definition) is 5. The molecule has 0 aromatic heterocycles. The van der Waals surface area contributed by atoms with E-state index in [0.717, 1.165) is 5.69 Å². The number of methoxy groups -OCH3 is 1. The number of para-hydroxylation sites is 1. The van der Waals surface area contributed by atoms with E-state index in [0.29, 0.717) is 45.3 Å². The van der Waals surface area contributed by atoms with E-state index in [9.17, 15) is 25.2 Å². The Bertz CT molecular complexity index is 1740. The number of β-amino-alcohol motifs (C(OH)–C–C–N with tert-alkyl or cyclic N) is 1. The van der Waals surface area contributed by atoms with Gasteiger partial charge in [-0.05, 0) is 92.3 Å². The van der Waals surface area contributed by atoms with Crippen molar-refractivity contribution < 1.29 is 63.1 Å². The van der Waals surface area contributed by atoms with E-state index in [1.54, 1.807) is 41.7 Å². The van der Waals surface area contributed by atoms with E-state index in [2.05, 4.69) is 10.2 Å². The van der Waals surface area contributed by atoms with E-state index in [-0.39, 0.29) is 43.9 Å². The number of cyclic esters (lactones) is 1. The molecule has 5 aliphatic rings. The molecule has 0 unspecified atom stereocenters. The van der Waals surface area contributed by atoms with Gasteiger partial charge in [0.1, 0.15) is 29.0 Å². The molecule has 18 atom stereocenters. The fourth-order valence-electron chi connectivity index (χ4n) is 10.9. The van der Waals surface area contributed by atoms with Crippen LogP contribution in [0.5, 0.6) is 0 Å². The zero-order chi connectivity index (χ0) is 47.6. The minimum atomic E-state index is -1.82. The molecular weight excluding hydrogens is 841 g/mol. The molecule has 5 saturated heterocycles. The Morgan fingerprint density at radius 2 is 1.62 bits per heavy atom. The Morgan fingerprint density at radius 1 is 0.938 bits per heavy atom. The summed E-state index contributed by atoms with van der Waals surface area (Å²) in [7, 11) is 3.50. The molecule has 6 rings (SSSR count). The van der Waals surface area contributed by atoms with Gasteiger partial charge in [0.2, 0.25) is 0 Å². The Hall–Kier alpha value is -2.52. The number of hydrogen-bond acceptors (Lipinski definition) is 16. The second-order valence-corrected chi connectivity index (χ2v) is 20.4. The first-order valence-corrected chi connectivity index (χ1v) is 23.8. The molecule has 5 heterocycles. The number of benzene rings is 1. The molecule has 5 fully saturated rings. The van der Waals surface area contributed by atoms with Crippen molar-refractivity contribution in [2.45, 2.75) is 185 Å². The van der Waals surface area contributed by atoms with Crippen molar-refractivity contribution in [2.75, 3.05) is 53.6 Å². The van der Waals surface area contributed by atoms with E-state index < -0.39 is 95.5 Å².